The van der Waals surface area contributed by atoms with Gasteiger partial charge in [-0.15, -0.1) is 0 Å². The van der Waals surface area contributed by atoms with E-state index in [1.807, 2.05) is 24.3 Å². The quantitative estimate of drug-likeness (QED) is 0.590. The van der Waals surface area contributed by atoms with E-state index in [1.165, 1.54) is 0 Å². The van der Waals surface area contributed by atoms with E-state index in [2.05, 4.69) is 10.3 Å². The fourth-order valence-corrected chi connectivity index (χ4v) is 3.53. The lowest BCUT2D eigenvalue weighted by atomic mass is 9.96. The second-order valence-electron chi connectivity index (χ2n) is 6.42. The van der Waals surface area contributed by atoms with Gasteiger partial charge in [-0.05, 0) is 29.8 Å². The van der Waals surface area contributed by atoms with Crippen molar-refractivity contribution >= 4 is 46.0 Å². The number of halogens is 2. The summed E-state index contributed by atoms with van der Waals surface area (Å²) >= 11 is 12.5. The second kappa shape index (κ2) is 7.91. The van der Waals surface area contributed by atoms with E-state index in [0.29, 0.717) is 38.6 Å². The van der Waals surface area contributed by atoms with Gasteiger partial charge in [-0.25, -0.2) is 4.99 Å². The minimum Gasteiger partial charge on any atom is -0.493 e. The summed E-state index contributed by atoms with van der Waals surface area (Å²) in [6.45, 7) is 0. The van der Waals surface area contributed by atoms with Crippen molar-refractivity contribution in [3.8, 4) is 11.5 Å². The van der Waals surface area contributed by atoms with Crippen LogP contribution in [0.2, 0.25) is 10.0 Å². The first-order valence-electron chi connectivity index (χ1n) is 8.78. The third-order valence-electron chi connectivity index (χ3n) is 4.69. The van der Waals surface area contributed by atoms with Gasteiger partial charge in [0.15, 0.2) is 11.5 Å². The molecule has 1 aliphatic heterocycles. The van der Waals surface area contributed by atoms with E-state index in [9.17, 15) is 0 Å². The van der Waals surface area contributed by atoms with Gasteiger partial charge in [-0.1, -0.05) is 29.3 Å². The van der Waals surface area contributed by atoms with E-state index in [1.54, 1.807) is 38.7 Å². The van der Waals surface area contributed by atoms with Gasteiger partial charge in [0.05, 0.1) is 53.1 Å². The predicted molar refractivity (Wildman–Crippen MR) is 117 cm³/mol. The molecule has 1 atom stereocenters. The summed E-state index contributed by atoms with van der Waals surface area (Å²) in [6, 6.07) is 10.4. The summed E-state index contributed by atoms with van der Waals surface area (Å²) in [4.78, 5) is 9.03. The van der Waals surface area contributed by atoms with Crippen molar-refractivity contribution < 1.29 is 9.47 Å². The average molecular weight is 429 g/mol. The summed E-state index contributed by atoms with van der Waals surface area (Å²) in [5.74, 6) is 1.15. The Morgan fingerprint density at radius 2 is 1.72 bits per heavy atom. The Bertz CT molecular complexity index is 1100. The van der Waals surface area contributed by atoms with Crippen molar-refractivity contribution in [1.82, 2.24) is 4.98 Å². The molecule has 2 aromatic carbocycles. The van der Waals surface area contributed by atoms with Gasteiger partial charge in [-0.3, -0.25) is 4.98 Å². The highest BCUT2D eigenvalue weighted by Gasteiger charge is 2.25. The van der Waals surface area contributed by atoms with E-state index >= 15 is 0 Å². The molecule has 29 heavy (non-hydrogen) atoms. The van der Waals surface area contributed by atoms with Gasteiger partial charge in [0.1, 0.15) is 0 Å². The standard InChI is InChI=1S/C21H18Cl2N4O2/c1-28-18-6-12-15(9-19(18)29-2)26-16-7-13(22)14(23)8-17(16)27-21(12)20(24)11-4-3-5-25-10-11/h3-10,20,26H,24H2,1-2H3. The molecule has 3 aromatic rings. The molecule has 0 fully saturated rings. The highest BCUT2D eigenvalue weighted by molar-refractivity contribution is 6.42. The fraction of sp³-hybridized carbons (Fsp3) is 0.143. The lowest BCUT2D eigenvalue weighted by Gasteiger charge is -2.19. The largest absolute Gasteiger partial charge is 0.493 e. The summed E-state index contributed by atoms with van der Waals surface area (Å²) in [7, 11) is 3.17. The lowest BCUT2D eigenvalue weighted by molar-refractivity contribution is 0.355. The number of aromatic nitrogens is 1. The van der Waals surface area contributed by atoms with Crippen LogP contribution in [0, 0.1) is 0 Å². The molecule has 3 N–H and O–H groups in total. The number of ether oxygens (including phenoxy) is 2. The van der Waals surface area contributed by atoms with Crippen LogP contribution in [0.5, 0.6) is 11.5 Å². The molecule has 0 aliphatic carbocycles. The number of aliphatic imine (C=N–C) groups is 1. The van der Waals surface area contributed by atoms with Gasteiger partial charge in [0.2, 0.25) is 0 Å². The van der Waals surface area contributed by atoms with Crippen LogP contribution in [0.3, 0.4) is 0 Å². The fourth-order valence-electron chi connectivity index (χ4n) is 3.21. The maximum atomic E-state index is 6.61. The van der Waals surface area contributed by atoms with Crippen molar-refractivity contribution in [1.29, 1.82) is 0 Å². The van der Waals surface area contributed by atoms with Crippen LogP contribution in [0.1, 0.15) is 17.2 Å². The number of fused-ring (bicyclic) bond motifs is 2. The molecule has 8 heteroatoms. The molecular weight excluding hydrogens is 411 g/mol. The Morgan fingerprint density at radius 3 is 2.41 bits per heavy atom. The number of nitrogens with one attached hydrogen (secondary N) is 1. The lowest BCUT2D eigenvalue weighted by Crippen LogP contribution is -2.23. The molecule has 0 spiro atoms. The number of hydrogen-bond acceptors (Lipinski definition) is 6. The zero-order valence-corrected chi connectivity index (χ0v) is 17.3. The first kappa shape index (κ1) is 19.5. The number of nitrogens with zero attached hydrogens (tertiary/aromatic N) is 2. The number of hydrogen-bond donors (Lipinski definition) is 2. The second-order valence-corrected chi connectivity index (χ2v) is 7.24. The number of nitrogens with two attached hydrogens (primary N) is 1. The Hall–Kier alpha value is -2.80. The average Bonchev–Trinajstić information content (AvgIpc) is 2.89. The van der Waals surface area contributed by atoms with Gasteiger partial charge in [0.25, 0.3) is 0 Å². The molecule has 0 bridgehead atoms. The normalized spacial score (nSPS) is 13.3. The minimum atomic E-state index is -0.525. The molecule has 0 amide bonds. The van der Waals surface area contributed by atoms with Gasteiger partial charge < -0.3 is 20.5 Å². The van der Waals surface area contributed by atoms with Gasteiger partial charge in [-0.2, -0.15) is 0 Å². The zero-order valence-electron chi connectivity index (χ0n) is 15.7. The highest BCUT2D eigenvalue weighted by atomic mass is 35.5. The van der Waals surface area contributed by atoms with Crippen LogP contribution in [0.4, 0.5) is 17.1 Å². The molecule has 0 radical (unpaired) electrons. The summed E-state index contributed by atoms with van der Waals surface area (Å²) < 4.78 is 11.0. The maximum Gasteiger partial charge on any atom is 0.162 e. The molecule has 1 aliphatic rings. The Balaban J connectivity index is 1.97. The molecule has 0 saturated heterocycles. The van der Waals surface area contributed by atoms with Crippen molar-refractivity contribution in [2.24, 2.45) is 10.7 Å². The Kier molecular flexibility index (Phi) is 5.32. The zero-order chi connectivity index (χ0) is 20.5. The molecule has 0 saturated carbocycles. The topological polar surface area (TPSA) is 81.8 Å². The van der Waals surface area contributed by atoms with E-state index in [4.69, 9.17) is 43.4 Å². The van der Waals surface area contributed by atoms with Crippen LogP contribution < -0.4 is 20.5 Å². The van der Waals surface area contributed by atoms with Crippen molar-refractivity contribution in [3.63, 3.8) is 0 Å². The van der Waals surface area contributed by atoms with Crippen LogP contribution in [-0.4, -0.2) is 24.9 Å². The summed E-state index contributed by atoms with van der Waals surface area (Å²) in [6.07, 6.45) is 3.42. The molecule has 1 unspecified atom stereocenters. The van der Waals surface area contributed by atoms with E-state index < -0.39 is 6.04 Å². The monoisotopic (exact) mass is 428 g/mol. The number of anilines is 2. The molecule has 6 nitrogen and oxygen atoms in total. The van der Waals surface area contributed by atoms with Crippen molar-refractivity contribution in [2.45, 2.75) is 6.04 Å². The van der Waals surface area contributed by atoms with Gasteiger partial charge >= 0.3 is 0 Å². The SMILES string of the molecule is COc1cc2c(cc1OC)C(C(N)c1cccnc1)=Nc1cc(Cl)c(Cl)cc1N2. The predicted octanol–water partition coefficient (Wildman–Crippen LogP) is 5.28. The van der Waals surface area contributed by atoms with Crippen molar-refractivity contribution in [3.05, 3.63) is 70.0 Å². The van der Waals surface area contributed by atoms with Crippen LogP contribution >= 0.6 is 23.2 Å². The summed E-state index contributed by atoms with van der Waals surface area (Å²) in [5.41, 5.74) is 11.0. The molecule has 148 valence electrons. The van der Waals surface area contributed by atoms with E-state index in [0.717, 1.165) is 16.8 Å². The molecular formula is C21H18Cl2N4O2. The number of rotatable bonds is 4. The first-order valence-corrected chi connectivity index (χ1v) is 9.54. The number of benzene rings is 2. The summed E-state index contributed by atoms with van der Waals surface area (Å²) in [5, 5.41) is 4.20. The Morgan fingerprint density at radius 1 is 1.00 bits per heavy atom. The highest BCUT2D eigenvalue weighted by Crippen LogP contribution is 2.43. The number of methoxy groups -OCH3 is 2. The molecule has 2 heterocycles. The van der Waals surface area contributed by atoms with Crippen LogP contribution in [0.15, 0.2) is 53.8 Å². The number of pyridine rings is 1. The van der Waals surface area contributed by atoms with Crippen LogP contribution in [-0.2, 0) is 0 Å². The maximum absolute atomic E-state index is 6.61. The minimum absolute atomic E-state index is 0.409. The third kappa shape index (κ3) is 3.62. The molecule has 4 rings (SSSR count). The van der Waals surface area contributed by atoms with E-state index in [-0.39, 0.29) is 0 Å². The van der Waals surface area contributed by atoms with Gasteiger partial charge in [0, 0.05) is 24.0 Å². The third-order valence-corrected chi connectivity index (χ3v) is 5.41. The van der Waals surface area contributed by atoms with Crippen molar-refractivity contribution in [2.75, 3.05) is 19.5 Å². The molecule has 1 aromatic heterocycles. The van der Waals surface area contributed by atoms with Crippen LogP contribution in [0.25, 0.3) is 0 Å². The smallest absolute Gasteiger partial charge is 0.162 e. The Labute approximate surface area is 178 Å². The first-order chi connectivity index (χ1) is 14.0.